The number of pyridine rings is 1. The molecular formula is C14H22ClN3O. The zero-order valence-electron chi connectivity index (χ0n) is 11.6. The van der Waals surface area contributed by atoms with Gasteiger partial charge in [-0.15, -0.1) is 12.4 Å². The lowest BCUT2D eigenvalue weighted by molar-refractivity contribution is 0.0764. The first-order valence-corrected chi connectivity index (χ1v) is 6.62. The summed E-state index contributed by atoms with van der Waals surface area (Å²) in [5, 5.41) is 0. The van der Waals surface area contributed by atoms with Crippen LogP contribution >= 0.6 is 12.4 Å². The van der Waals surface area contributed by atoms with E-state index >= 15 is 0 Å². The molecule has 0 unspecified atom stereocenters. The molecule has 4 nitrogen and oxygen atoms in total. The van der Waals surface area contributed by atoms with Crippen LogP contribution in [0.15, 0.2) is 18.2 Å². The molecule has 19 heavy (non-hydrogen) atoms. The van der Waals surface area contributed by atoms with E-state index in [1.54, 1.807) is 18.2 Å². The van der Waals surface area contributed by atoms with E-state index in [-0.39, 0.29) is 18.3 Å². The number of aromatic nitrogens is 1. The third-order valence-electron chi connectivity index (χ3n) is 4.22. The molecule has 106 valence electrons. The molecule has 0 bridgehead atoms. The molecule has 0 saturated carbocycles. The molecule has 1 aliphatic rings. The number of nitrogens with two attached hydrogens (primary N) is 1. The van der Waals surface area contributed by atoms with Gasteiger partial charge in [0.05, 0.1) is 0 Å². The molecule has 1 aliphatic heterocycles. The van der Waals surface area contributed by atoms with E-state index in [2.05, 4.69) is 18.8 Å². The van der Waals surface area contributed by atoms with Gasteiger partial charge >= 0.3 is 0 Å². The van der Waals surface area contributed by atoms with Crippen LogP contribution in [0.25, 0.3) is 0 Å². The van der Waals surface area contributed by atoms with Gasteiger partial charge in [-0.2, -0.15) is 0 Å². The fourth-order valence-corrected chi connectivity index (χ4v) is 2.67. The number of nitrogens with zero attached hydrogens (tertiary/aromatic N) is 2. The highest BCUT2D eigenvalue weighted by Gasteiger charge is 2.37. The van der Waals surface area contributed by atoms with Gasteiger partial charge < -0.3 is 10.6 Å². The molecule has 2 rings (SSSR count). The van der Waals surface area contributed by atoms with E-state index in [4.69, 9.17) is 5.73 Å². The van der Waals surface area contributed by atoms with Crippen molar-refractivity contribution >= 4 is 24.1 Å². The average Bonchev–Trinajstić information content (AvgIpc) is 2.83. The van der Waals surface area contributed by atoms with Gasteiger partial charge in [-0.05, 0) is 36.8 Å². The number of amides is 1. The standard InChI is InChI=1S/C14H21N3O.ClH/c1-3-14(4-2)8-9-17(10-14)13(18)11-6-5-7-12(15)16-11;/h5-7H,3-4,8-10H2,1-2H3,(H2,15,16);1H. The van der Waals surface area contributed by atoms with Crippen molar-refractivity contribution in [1.82, 2.24) is 9.88 Å². The Bertz CT molecular complexity index is 446. The zero-order chi connectivity index (χ0) is 13.2. The summed E-state index contributed by atoms with van der Waals surface area (Å²) in [6.45, 7) is 6.08. The average molecular weight is 284 g/mol. The molecule has 0 aliphatic carbocycles. The number of rotatable bonds is 3. The first-order chi connectivity index (χ1) is 8.60. The Hall–Kier alpha value is -1.29. The minimum Gasteiger partial charge on any atom is -0.384 e. The maximum absolute atomic E-state index is 12.3. The second-order valence-corrected chi connectivity index (χ2v) is 5.13. The second kappa shape index (κ2) is 6.24. The maximum atomic E-state index is 12.3. The summed E-state index contributed by atoms with van der Waals surface area (Å²) in [7, 11) is 0. The number of likely N-dealkylation sites (tertiary alicyclic amines) is 1. The molecule has 2 heterocycles. The number of anilines is 1. The largest absolute Gasteiger partial charge is 0.384 e. The quantitative estimate of drug-likeness (QED) is 0.928. The van der Waals surface area contributed by atoms with Gasteiger partial charge in [0.15, 0.2) is 0 Å². The van der Waals surface area contributed by atoms with E-state index < -0.39 is 0 Å². The lowest BCUT2D eigenvalue weighted by Crippen LogP contribution is -2.32. The lowest BCUT2D eigenvalue weighted by Gasteiger charge is -2.26. The highest BCUT2D eigenvalue weighted by Crippen LogP contribution is 2.37. The molecule has 0 radical (unpaired) electrons. The molecule has 1 aromatic rings. The molecule has 1 saturated heterocycles. The van der Waals surface area contributed by atoms with Crippen molar-refractivity contribution in [3.05, 3.63) is 23.9 Å². The summed E-state index contributed by atoms with van der Waals surface area (Å²) in [6, 6.07) is 5.21. The number of hydrogen-bond acceptors (Lipinski definition) is 3. The van der Waals surface area contributed by atoms with Crippen LogP contribution in [-0.2, 0) is 0 Å². The molecule has 5 heteroatoms. The van der Waals surface area contributed by atoms with Gasteiger partial charge in [0.25, 0.3) is 5.91 Å². The minimum atomic E-state index is 0. The number of carbonyl (C=O) groups excluding carboxylic acids is 1. The third-order valence-corrected chi connectivity index (χ3v) is 4.22. The molecule has 0 spiro atoms. The summed E-state index contributed by atoms with van der Waals surface area (Å²) in [6.07, 6.45) is 3.34. The van der Waals surface area contributed by atoms with Crippen molar-refractivity contribution in [2.75, 3.05) is 18.8 Å². The predicted molar refractivity (Wildman–Crippen MR) is 79.4 cm³/mol. The summed E-state index contributed by atoms with van der Waals surface area (Å²) < 4.78 is 0. The van der Waals surface area contributed by atoms with Crippen LogP contribution < -0.4 is 5.73 Å². The van der Waals surface area contributed by atoms with Gasteiger partial charge in [0.2, 0.25) is 0 Å². The zero-order valence-corrected chi connectivity index (χ0v) is 12.4. The van der Waals surface area contributed by atoms with E-state index in [1.165, 1.54) is 0 Å². The molecule has 2 N–H and O–H groups in total. The lowest BCUT2D eigenvalue weighted by atomic mass is 9.82. The van der Waals surface area contributed by atoms with Gasteiger partial charge in [-0.25, -0.2) is 4.98 Å². The first-order valence-electron chi connectivity index (χ1n) is 6.62. The molecule has 1 aromatic heterocycles. The van der Waals surface area contributed by atoms with Crippen LogP contribution in [0, 0.1) is 5.41 Å². The Labute approximate surface area is 120 Å². The van der Waals surface area contributed by atoms with Crippen molar-refractivity contribution in [1.29, 1.82) is 0 Å². The number of halogens is 1. The highest BCUT2D eigenvalue weighted by molar-refractivity contribution is 5.92. The van der Waals surface area contributed by atoms with E-state index in [9.17, 15) is 4.79 Å². The van der Waals surface area contributed by atoms with Crippen LogP contribution in [0.4, 0.5) is 5.82 Å². The van der Waals surface area contributed by atoms with Crippen molar-refractivity contribution in [2.24, 2.45) is 5.41 Å². The molecular weight excluding hydrogens is 262 g/mol. The summed E-state index contributed by atoms with van der Waals surface area (Å²) in [4.78, 5) is 18.3. The normalized spacial score (nSPS) is 17.1. The van der Waals surface area contributed by atoms with Gasteiger partial charge in [-0.1, -0.05) is 19.9 Å². The third kappa shape index (κ3) is 3.18. The minimum absolute atomic E-state index is 0. The predicted octanol–water partition coefficient (Wildman–Crippen LogP) is 2.74. The molecule has 0 atom stereocenters. The summed E-state index contributed by atoms with van der Waals surface area (Å²) >= 11 is 0. The summed E-state index contributed by atoms with van der Waals surface area (Å²) in [5.41, 5.74) is 6.38. The molecule has 1 fully saturated rings. The second-order valence-electron chi connectivity index (χ2n) is 5.13. The van der Waals surface area contributed by atoms with Crippen LogP contribution in [-0.4, -0.2) is 28.9 Å². The SMILES string of the molecule is CCC1(CC)CCN(C(=O)c2cccc(N)n2)C1.Cl. The van der Waals surface area contributed by atoms with Crippen molar-refractivity contribution in [3.8, 4) is 0 Å². The van der Waals surface area contributed by atoms with E-state index in [1.807, 2.05) is 4.90 Å². The smallest absolute Gasteiger partial charge is 0.272 e. The Kier molecular flexibility index (Phi) is 5.18. The Morgan fingerprint density at radius 1 is 1.42 bits per heavy atom. The van der Waals surface area contributed by atoms with Crippen LogP contribution in [0.3, 0.4) is 0 Å². The Morgan fingerprint density at radius 2 is 2.11 bits per heavy atom. The van der Waals surface area contributed by atoms with Gasteiger partial charge in [-0.3, -0.25) is 4.79 Å². The number of carbonyl (C=O) groups is 1. The van der Waals surface area contributed by atoms with Gasteiger partial charge in [0, 0.05) is 13.1 Å². The number of nitrogen functional groups attached to an aromatic ring is 1. The van der Waals surface area contributed by atoms with E-state index in [0.717, 1.165) is 32.4 Å². The Balaban J connectivity index is 0.00000180. The highest BCUT2D eigenvalue weighted by atomic mass is 35.5. The molecule has 1 amide bonds. The number of hydrogen-bond donors (Lipinski definition) is 1. The van der Waals surface area contributed by atoms with Crippen LogP contribution in [0.2, 0.25) is 0 Å². The van der Waals surface area contributed by atoms with Crippen LogP contribution in [0.1, 0.15) is 43.6 Å². The van der Waals surface area contributed by atoms with Crippen molar-refractivity contribution in [3.63, 3.8) is 0 Å². The molecule has 0 aromatic carbocycles. The van der Waals surface area contributed by atoms with Crippen LogP contribution in [0.5, 0.6) is 0 Å². The first kappa shape index (κ1) is 15.8. The Morgan fingerprint density at radius 3 is 2.63 bits per heavy atom. The van der Waals surface area contributed by atoms with Crippen molar-refractivity contribution < 1.29 is 4.79 Å². The van der Waals surface area contributed by atoms with E-state index in [0.29, 0.717) is 16.9 Å². The van der Waals surface area contributed by atoms with Gasteiger partial charge in [0.1, 0.15) is 11.5 Å². The monoisotopic (exact) mass is 283 g/mol. The van der Waals surface area contributed by atoms with Crippen molar-refractivity contribution in [2.45, 2.75) is 33.1 Å². The fourth-order valence-electron chi connectivity index (χ4n) is 2.67. The topological polar surface area (TPSA) is 59.2 Å². The fraction of sp³-hybridized carbons (Fsp3) is 0.571. The summed E-state index contributed by atoms with van der Waals surface area (Å²) in [5.74, 6) is 0.406. The maximum Gasteiger partial charge on any atom is 0.272 e.